The van der Waals surface area contributed by atoms with Gasteiger partial charge in [-0.2, -0.15) is 0 Å². The Hall–Kier alpha value is -1.36. The molecule has 5 nitrogen and oxygen atoms in total. The molecule has 1 aromatic rings. The number of rotatable bonds is 4. The van der Waals surface area contributed by atoms with E-state index in [0.29, 0.717) is 18.3 Å². The van der Waals surface area contributed by atoms with Gasteiger partial charge in [-0.3, -0.25) is 4.79 Å². The minimum atomic E-state index is -0.123. The molecule has 1 saturated carbocycles. The maximum Gasteiger partial charge on any atom is 0.267 e. The summed E-state index contributed by atoms with van der Waals surface area (Å²) in [5, 5.41) is 4.13. The van der Waals surface area contributed by atoms with E-state index in [4.69, 9.17) is 10.5 Å². The van der Waals surface area contributed by atoms with Crippen molar-refractivity contribution >= 4 is 0 Å². The van der Waals surface area contributed by atoms with Crippen molar-refractivity contribution in [3.05, 3.63) is 22.5 Å². The zero-order chi connectivity index (χ0) is 13.0. The lowest BCUT2D eigenvalue weighted by molar-refractivity contribution is 0.272. The van der Waals surface area contributed by atoms with Crippen LogP contribution in [0.15, 0.2) is 16.9 Å². The average molecular weight is 251 g/mol. The SMILES string of the molecule is COc1ccc(=O)n(CC(N)C2CCCCC2)n1. The van der Waals surface area contributed by atoms with Crippen LogP contribution in [0.25, 0.3) is 0 Å². The van der Waals surface area contributed by atoms with E-state index in [1.54, 1.807) is 6.07 Å². The Kier molecular flexibility index (Phi) is 4.36. The van der Waals surface area contributed by atoms with Gasteiger partial charge in [-0.15, -0.1) is 5.10 Å². The summed E-state index contributed by atoms with van der Waals surface area (Å²) < 4.78 is 6.44. The van der Waals surface area contributed by atoms with Gasteiger partial charge in [0.15, 0.2) is 0 Å². The van der Waals surface area contributed by atoms with Gasteiger partial charge in [0.2, 0.25) is 5.88 Å². The van der Waals surface area contributed by atoms with Crippen molar-refractivity contribution < 1.29 is 4.74 Å². The molecule has 0 aliphatic heterocycles. The highest BCUT2D eigenvalue weighted by Gasteiger charge is 2.21. The summed E-state index contributed by atoms with van der Waals surface area (Å²) in [6, 6.07) is 3.05. The molecule has 1 aliphatic carbocycles. The molecule has 100 valence electrons. The highest BCUT2D eigenvalue weighted by atomic mass is 16.5. The first-order chi connectivity index (χ1) is 8.70. The molecule has 1 aliphatic rings. The van der Waals surface area contributed by atoms with E-state index in [1.165, 1.54) is 50.0 Å². The summed E-state index contributed by atoms with van der Waals surface area (Å²) in [7, 11) is 1.54. The van der Waals surface area contributed by atoms with Crippen LogP contribution in [0.5, 0.6) is 5.88 Å². The van der Waals surface area contributed by atoms with Crippen LogP contribution in [-0.4, -0.2) is 22.9 Å². The van der Waals surface area contributed by atoms with Crippen molar-refractivity contribution in [1.82, 2.24) is 9.78 Å². The number of methoxy groups -OCH3 is 1. The molecule has 5 heteroatoms. The molecule has 1 heterocycles. The molecule has 2 N–H and O–H groups in total. The molecular formula is C13H21N3O2. The quantitative estimate of drug-likeness (QED) is 0.871. The number of ether oxygens (including phenoxy) is 1. The standard InChI is InChI=1S/C13H21N3O2/c1-18-12-7-8-13(17)16(15-12)9-11(14)10-5-3-2-4-6-10/h7-8,10-11H,2-6,9,14H2,1H3. The molecule has 0 saturated heterocycles. The number of hydrogen-bond donors (Lipinski definition) is 1. The Morgan fingerprint density at radius 2 is 2.17 bits per heavy atom. The Balaban J connectivity index is 2.05. The Morgan fingerprint density at radius 1 is 1.44 bits per heavy atom. The second-order valence-corrected chi connectivity index (χ2v) is 4.96. The van der Waals surface area contributed by atoms with E-state index in [1.807, 2.05) is 0 Å². The third-order valence-corrected chi connectivity index (χ3v) is 3.69. The maximum absolute atomic E-state index is 11.7. The van der Waals surface area contributed by atoms with Crippen LogP contribution in [-0.2, 0) is 6.54 Å². The molecule has 2 rings (SSSR count). The Labute approximate surface area is 107 Å². The summed E-state index contributed by atoms with van der Waals surface area (Å²) in [6.45, 7) is 0.473. The first-order valence-corrected chi connectivity index (χ1v) is 6.58. The van der Waals surface area contributed by atoms with Gasteiger partial charge in [0.05, 0.1) is 13.7 Å². The number of nitrogens with zero attached hydrogens (tertiary/aromatic N) is 2. The van der Waals surface area contributed by atoms with Gasteiger partial charge in [0, 0.05) is 18.2 Å². The highest BCUT2D eigenvalue weighted by molar-refractivity contribution is 5.06. The van der Waals surface area contributed by atoms with E-state index in [9.17, 15) is 4.79 Å². The van der Waals surface area contributed by atoms with Gasteiger partial charge in [-0.05, 0) is 18.8 Å². The average Bonchev–Trinajstić information content (AvgIpc) is 2.42. The van der Waals surface area contributed by atoms with Crippen molar-refractivity contribution in [3.63, 3.8) is 0 Å². The van der Waals surface area contributed by atoms with E-state index in [2.05, 4.69) is 5.10 Å². The van der Waals surface area contributed by atoms with Crippen molar-refractivity contribution in [2.24, 2.45) is 11.7 Å². The van der Waals surface area contributed by atoms with Gasteiger partial charge in [0.25, 0.3) is 5.56 Å². The van der Waals surface area contributed by atoms with Crippen LogP contribution in [0.3, 0.4) is 0 Å². The van der Waals surface area contributed by atoms with Crippen LogP contribution in [0, 0.1) is 5.92 Å². The minimum absolute atomic E-state index is 0.00241. The van der Waals surface area contributed by atoms with Crippen LogP contribution in [0.1, 0.15) is 32.1 Å². The molecule has 1 atom stereocenters. The van der Waals surface area contributed by atoms with Crippen LogP contribution >= 0.6 is 0 Å². The molecule has 0 amide bonds. The van der Waals surface area contributed by atoms with Gasteiger partial charge in [-0.25, -0.2) is 4.68 Å². The normalized spacial score (nSPS) is 18.6. The van der Waals surface area contributed by atoms with Crippen molar-refractivity contribution in [2.75, 3.05) is 7.11 Å². The maximum atomic E-state index is 11.7. The summed E-state index contributed by atoms with van der Waals surface area (Å²) in [5.74, 6) is 0.962. The number of nitrogens with two attached hydrogens (primary N) is 1. The molecular weight excluding hydrogens is 230 g/mol. The fourth-order valence-corrected chi connectivity index (χ4v) is 2.58. The molecule has 1 unspecified atom stereocenters. The largest absolute Gasteiger partial charge is 0.480 e. The zero-order valence-electron chi connectivity index (χ0n) is 10.8. The molecule has 18 heavy (non-hydrogen) atoms. The van der Waals surface area contributed by atoms with E-state index < -0.39 is 0 Å². The lowest BCUT2D eigenvalue weighted by Gasteiger charge is -2.27. The first kappa shape index (κ1) is 13.1. The predicted octanol–water partition coefficient (Wildman–Crippen LogP) is 1.16. The van der Waals surface area contributed by atoms with Crippen molar-refractivity contribution in [2.45, 2.75) is 44.7 Å². The predicted molar refractivity (Wildman–Crippen MR) is 69.6 cm³/mol. The monoisotopic (exact) mass is 251 g/mol. The second-order valence-electron chi connectivity index (χ2n) is 4.96. The van der Waals surface area contributed by atoms with E-state index in [0.717, 1.165) is 0 Å². The smallest absolute Gasteiger partial charge is 0.267 e. The highest BCUT2D eigenvalue weighted by Crippen LogP contribution is 2.25. The van der Waals surface area contributed by atoms with Crippen LogP contribution in [0.4, 0.5) is 0 Å². The summed E-state index contributed by atoms with van der Waals surface area (Å²) in [5.41, 5.74) is 6.08. The molecule has 1 fully saturated rings. The lowest BCUT2D eigenvalue weighted by atomic mass is 9.84. The summed E-state index contributed by atoms with van der Waals surface area (Å²) >= 11 is 0. The second kappa shape index (κ2) is 6.00. The summed E-state index contributed by atoms with van der Waals surface area (Å²) in [4.78, 5) is 11.7. The number of hydrogen-bond acceptors (Lipinski definition) is 4. The topological polar surface area (TPSA) is 70.1 Å². The first-order valence-electron chi connectivity index (χ1n) is 6.58. The zero-order valence-corrected chi connectivity index (χ0v) is 10.8. The minimum Gasteiger partial charge on any atom is -0.480 e. The fraction of sp³-hybridized carbons (Fsp3) is 0.692. The molecule has 0 aromatic carbocycles. The van der Waals surface area contributed by atoms with Crippen LogP contribution in [0.2, 0.25) is 0 Å². The summed E-state index contributed by atoms with van der Waals surface area (Å²) in [6.07, 6.45) is 6.14. The molecule has 0 bridgehead atoms. The van der Waals surface area contributed by atoms with Crippen molar-refractivity contribution in [3.8, 4) is 5.88 Å². The fourth-order valence-electron chi connectivity index (χ4n) is 2.58. The third kappa shape index (κ3) is 3.10. The molecule has 1 aromatic heterocycles. The van der Waals surface area contributed by atoms with Crippen molar-refractivity contribution in [1.29, 1.82) is 0 Å². The van der Waals surface area contributed by atoms with Gasteiger partial charge in [-0.1, -0.05) is 19.3 Å². The Morgan fingerprint density at radius 3 is 2.83 bits per heavy atom. The Bertz CT molecular complexity index is 438. The van der Waals surface area contributed by atoms with Gasteiger partial charge >= 0.3 is 0 Å². The van der Waals surface area contributed by atoms with Gasteiger partial charge in [0.1, 0.15) is 0 Å². The lowest BCUT2D eigenvalue weighted by Crippen LogP contribution is -2.39. The van der Waals surface area contributed by atoms with E-state index >= 15 is 0 Å². The number of aromatic nitrogens is 2. The van der Waals surface area contributed by atoms with Gasteiger partial charge < -0.3 is 10.5 Å². The van der Waals surface area contributed by atoms with Crippen LogP contribution < -0.4 is 16.0 Å². The molecule has 0 spiro atoms. The van der Waals surface area contributed by atoms with E-state index in [-0.39, 0.29) is 11.6 Å². The molecule has 0 radical (unpaired) electrons. The third-order valence-electron chi connectivity index (χ3n) is 3.69.